The van der Waals surface area contributed by atoms with Crippen LogP contribution >= 0.6 is 0 Å². The normalized spacial score (nSPS) is 20.4. The molecule has 1 unspecified atom stereocenters. The quantitative estimate of drug-likeness (QED) is 0.700. The van der Waals surface area contributed by atoms with E-state index in [4.69, 9.17) is 10.5 Å². The molecule has 0 saturated carbocycles. The highest BCUT2D eigenvalue weighted by molar-refractivity contribution is 4.65. The van der Waals surface area contributed by atoms with E-state index in [9.17, 15) is 0 Å². The van der Waals surface area contributed by atoms with Crippen LogP contribution in [0.5, 0.6) is 0 Å². The fourth-order valence-electron chi connectivity index (χ4n) is 2.12. The zero-order chi connectivity index (χ0) is 10.9. The van der Waals surface area contributed by atoms with Gasteiger partial charge in [0.25, 0.3) is 0 Å². The van der Waals surface area contributed by atoms with Gasteiger partial charge in [0.2, 0.25) is 0 Å². The maximum absolute atomic E-state index is 5.77. The summed E-state index contributed by atoms with van der Waals surface area (Å²) in [5.41, 5.74) is 5.64. The summed E-state index contributed by atoms with van der Waals surface area (Å²) in [7, 11) is 0. The number of hydrogen-bond donors (Lipinski definition) is 1. The summed E-state index contributed by atoms with van der Waals surface area (Å²) < 4.78 is 5.77. The molecule has 1 aliphatic rings. The highest BCUT2D eigenvalue weighted by Crippen LogP contribution is 2.08. The predicted molar refractivity (Wildman–Crippen MR) is 64.0 cm³/mol. The highest BCUT2D eigenvalue weighted by Gasteiger charge is 2.10. The van der Waals surface area contributed by atoms with E-state index in [1.807, 2.05) is 0 Å². The first kappa shape index (κ1) is 12.9. The lowest BCUT2D eigenvalue weighted by atomic mass is 10.1. The van der Waals surface area contributed by atoms with Crippen molar-refractivity contribution in [2.24, 2.45) is 5.73 Å². The van der Waals surface area contributed by atoms with E-state index in [-0.39, 0.29) is 6.10 Å². The van der Waals surface area contributed by atoms with Crippen molar-refractivity contribution in [3.8, 4) is 0 Å². The van der Waals surface area contributed by atoms with E-state index in [1.165, 1.54) is 32.4 Å². The molecule has 0 spiro atoms. The summed E-state index contributed by atoms with van der Waals surface area (Å²) in [6.45, 7) is 7.28. The standard InChI is InChI=1S/C12H26N2O/c1-2-6-12(11-13)15-10-9-14-7-4-3-5-8-14/h12H,2-11,13H2,1H3. The first-order chi connectivity index (χ1) is 7.36. The van der Waals surface area contributed by atoms with Crippen molar-refractivity contribution in [2.45, 2.75) is 45.1 Å². The molecular formula is C12H26N2O. The molecule has 15 heavy (non-hydrogen) atoms. The molecule has 0 aromatic heterocycles. The lowest BCUT2D eigenvalue weighted by molar-refractivity contribution is 0.0343. The Labute approximate surface area is 94.0 Å². The molecule has 0 bridgehead atoms. The van der Waals surface area contributed by atoms with Crippen molar-refractivity contribution < 1.29 is 4.74 Å². The average Bonchev–Trinajstić information content (AvgIpc) is 2.29. The van der Waals surface area contributed by atoms with Crippen molar-refractivity contribution in [3.05, 3.63) is 0 Å². The molecule has 1 rings (SSSR count). The molecule has 90 valence electrons. The minimum Gasteiger partial charge on any atom is -0.376 e. The van der Waals surface area contributed by atoms with Gasteiger partial charge in [-0.05, 0) is 32.4 Å². The van der Waals surface area contributed by atoms with Gasteiger partial charge in [-0.1, -0.05) is 19.8 Å². The number of rotatable bonds is 7. The second-order valence-corrected chi connectivity index (χ2v) is 4.42. The van der Waals surface area contributed by atoms with E-state index in [0.29, 0.717) is 6.54 Å². The molecule has 1 aliphatic heterocycles. The van der Waals surface area contributed by atoms with Gasteiger partial charge in [-0.25, -0.2) is 0 Å². The van der Waals surface area contributed by atoms with Crippen molar-refractivity contribution in [2.75, 3.05) is 32.8 Å². The van der Waals surface area contributed by atoms with E-state index in [0.717, 1.165) is 26.0 Å². The summed E-state index contributed by atoms with van der Waals surface area (Å²) in [5.74, 6) is 0. The summed E-state index contributed by atoms with van der Waals surface area (Å²) in [6, 6.07) is 0. The molecule has 0 aromatic rings. The maximum atomic E-state index is 5.77. The van der Waals surface area contributed by atoms with Crippen LogP contribution in [0.1, 0.15) is 39.0 Å². The fourth-order valence-corrected chi connectivity index (χ4v) is 2.12. The van der Waals surface area contributed by atoms with Gasteiger partial charge in [0.15, 0.2) is 0 Å². The minimum atomic E-state index is 0.278. The van der Waals surface area contributed by atoms with Crippen molar-refractivity contribution >= 4 is 0 Å². The Morgan fingerprint density at radius 3 is 2.60 bits per heavy atom. The molecule has 0 aliphatic carbocycles. The van der Waals surface area contributed by atoms with Gasteiger partial charge in [0.1, 0.15) is 0 Å². The van der Waals surface area contributed by atoms with E-state index >= 15 is 0 Å². The predicted octanol–water partition coefficient (Wildman–Crippen LogP) is 1.62. The number of nitrogens with two attached hydrogens (primary N) is 1. The first-order valence-electron chi connectivity index (χ1n) is 6.40. The molecule has 1 atom stereocenters. The molecule has 0 radical (unpaired) electrons. The SMILES string of the molecule is CCCC(CN)OCCN1CCCCC1. The Kier molecular flexibility index (Phi) is 6.98. The summed E-state index contributed by atoms with van der Waals surface area (Å²) >= 11 is 0. The third-order valence-corrected chi connectivity index (χ3v) is 3.08. The Balaban J connectivity index is 2.03. The topological polar surface area (TPSA) is 38.5 Å². The zero-order valence-corrected chi connectivity index (χ0v) is 10.1. The van der Waals surface area contributed by atoms with Gasteiger partial charge in [-0.3, -0.25) is 0 Å². The third kappa shape index (κ3) is 5.50. The molecule has 0 amide bonds. The Morgan fingerprint density at radius 1 is 1.27 bits per heavy atom. The highest BCUT2D eigenvalue weighted by atomic mass is 16.5. The number of hydrogen-bond acceptors (Lipinski definition) is 3. The monoisotopic (exact) mass is 214 g/mol. The first-order valence-corrected chi connectivity index (χ1v) is 6.40. The van der Waals surface area contributed by atoms with Crippen LogP contribution < -0.4 is 5.73 Å². The van der Waals surface area contributed by atoms with E-state index in [2.05, 4.69) is 11.8 Å². The number of likely N-dealkylation sites (tertiary alicyclic amines) is 1. The largest absolute Gasteiger partial charge is 0.376 e. The van der Waals surface area contributed by atoms with Crippen molar-refractivity contribution in [1.29, 1.82) is 0 Å². The van der Waals surface area contributed by atoms with E-state index < -0.39 is 0 Å². The fraction of sp³-hybridized carbons (Fsp3) is 1.00. The lowest BCUT2D eigenvalue weighted by Gasteiger charge is -2.27. The summed E-state index contributed by atoms with van der Waals surface area (Å²) in [5, 5.41) is 0. The zero-order valence-electron chi connectivity index (χ0n) is 10.1. The molecule has 2 N–H and O–H groups in total. The van der Waals surface area contributed by atoms with E-state index in [1.54, 1.807) is 0 Å². The maximum Gasteiger partial charge on any atom is 0.0697 e. The van der Waals surface area contributed by atoms with Gasteiger partial charge >= 0.3 is 0 Å². The van der Waals surface area contributed by atoms with Gasteiger partial charge in [0.05, 0.1) is 12.7 Å². The van der Waals surface area contributed by atoms with Crippen LogP contribution in [-0.4, -0.2) is 43.8 Å². The molecule has 1 saturated heterocycles. The van der Waals surface area contributed by atoms with Crippen molar-refractivity contribution in [1.82, 2.24) is 4.90 Å². The van der Waals surface area contributed by atoms with Gasteiger partial charge in [-0.2, -0.15) is 0 Å². The van der Waals surface area contributed by atoms with Crippen LogP contribution in [0.25, 0.3) is 0 Å². The Bertz CT molecular complexity index is 142. The molecule has 3 heteroatoms. The Hall–Kier alpha value is -0.120. The van der Waals surface area contributed by atoms with Crippen LogP contribution in [0.3, 0.4) is 0 Å². The van der Waals surface area contributed by atoms with Gasteiger partial charge in [0, 0.05) is 13.1 Å². The molecule has 3 nitrogen and oxygen atoms in total. The number of piperidine rings is 1. The molecule has 1 fully saturated rings. The smallest absolute Gasteiger partial charge is 0.0697 e. The van der Waals surface area contributed by atoms with Crippen LogP contribution in [0, 0.1) is 0 Å². The second kappa shape index (κ2) is 8.08. The van der Waals surface area contributed by atoms with Crippen LogP contribution in [0.15, 0.2) is 0 Å². The van der Waals surface area contributed by atoms with Crippen molar-refractivity contribution in [3.63, 3.8) is 0 Å². The van der Waals surface area contributed by atoms with Crippen LogP contribution in [0.2, 0.25) is 0 Å². The number of nitrogens with zero attached hydrogens (tertiary/aromatic N) is 1. The Morgan fingerprint density at radius 2 is 2.00 bits per heavy atom. The molecular weight excluding hydrogens is 188 g/mol. The lowest BCUT2D eigenvalue weighted by Crippen LogP contribution is -2.34. The third-order valence-electron chi connectivity index (χ3n) is 3.08. The molecule has 0 aromatic carbocycles. The number of ether oxygens (including phenoxy) is 1. The minimum absolute atomic E-state index is 0.278. The second-order valence-electron chi connectivity index (χ2n) is 4.42. The van der Waals surface area contributed by atoms with Gasteiger partial charge in [-0.15, -0.1) is 0 Å². The average molecular weight is 214 g/mol. The molecule has 1 heterocycles. The van der Waals surface area contributed by atoms with Gasteiger partial charge < -0.3 is 15.4 Å². The van der Waals surface area contributed by atoms with Crippen LogP contribution in [-0.2, 0) is 4.74 Å². The summed E-state index contributed by atoms with van der Waals surface area (Å²) in [4.78, 5) is 2.50. The van der Waals surface area contributed by atoms with Crippen LogP contribution in [0.4, 0.5) is 0 Å². The summed E-state index contributed by atoms with van der Waals surface area (Å²) in [6.07, 6.45) is 6.64.